The Hall–Kier alpha value is -3.16. The second-order valence-corrected chi connectivity index (χ2v) is 9.13. The number of carbonyl (C=O) groups excluding carboxylic acids is 2. The van der Waals surface area contributed by atoms with Gasteiger partial charge in [-0.3, -0.25) is 19.7 Å². The molecule has 0 radical (unpaired) electrons. The Morgan fingerprint density at radius 2 is 2.16 bits per heavy atom. The number of aromatic amines is 1. The molecule has 3 aromatic heterocycles. The molecule has 5 rings (SSSR count). The zero-order valence-corrected chi connectivity index (χ0v) is 17.9. The van der Waals surface area contributed by atoms with Crippen LogP contribution in [0.5, 0.6) is 0 Å². The summed E-state index contributed by atoms with van der Waals surface area (Å²) in [6.07, 6.45) is 8.06. The maximum absolute atomic E-state index is 12.9. The number of carbonyl (C=O) groups is 2. The van der Waals surface area contributed by atoms with Crippen molar-refractivity contribution in [3.8, 4) is 0 Å². The highest BCUT2D eigenvalue weighted by molar-refractivity contribution is 5.96. The second kappa shape index (κ2) is 7.51. The summed E-state index contributed by atoms with van der Waals surface area (Å²) in [7, 11) is 0. The van der Waals surface area contributed by atoms with Crippen LogP contribution >= 0.6 is 0 Å². The number of pyridine rings is 1. The topological polar surface area (TPSA) is 104 Å². The first-order chi connectivity index (χ1) is 15.0. The summed E-state index contributed by atoms with van der Waals surface area (Å²) in [5.41, 5.74) is 2.38. The smallest absolute Gasteiger partial charge is 0.287 e. The molecule has 4 heterocycles. The Morgan fingerprint density at radius 1 is 1.35 bits per heavy atom. The molecule has 1 aliphatic carbocycles. The number of nitrogens with one attached hydrogen (secondary N) is 2. The molecule has 1 atom stereocenters. The van der Waals surface area contributed by atoms with Gasteiger partial charge in [-0.05, 0) is 48.6 Å². The summed E-state index contributed by atoms with van der Waals surface area (Å²) < 4.78 is 5.60. The molecule has 0 aromatic carbocycles. The Labute approximate surface area is 180 Å². The van der Waals surface area contributed by atoms with E-state index in [1.54, 1.807) is 24.7 Å². The lowest BCUT2D eigenvalue weighted by molar-refractivity contribution is 0.0667. The molecule has 2 fully saturated rings. The number of hydrogen-bond acceptors (Lipinski definition) is 5. The third kappa shape index (κ3) is 3.60. The van der Waals surface area contributed by atoms with Gasteiger partial charge in [0, 0.05) is 37.4 Å². The number of likely N-dealkylation sites (tertiary alicyclic amines) is 1. The monoisotopic (exact) mass is 421 g/mol. The minimum atomic E-state index is -0.188. The zero-order chi connectivity index (χ0) is 21.6. The second-order valence-electron chi connectivity index (χ2n) is 9.13. The summed E-state index contributed by atoms with van der Waals surface area (Å²) in [4.78, 5) is 31.4. The van der Waals surface area contributed by atoms with E-state index < -0.39 is 0 Å². The van der Waals surface area contributed by atoms with Crippen molar-refractivity contribution in [3.05, 3.63) is 47.7 Å². The van der Waals surface area contributed by atoms with E-state index in [0.717, 1.165) is 43.4 Å². The molecule has 1 aliphatic heterocycles. The molecular formula is C23H27N5O3. The number of fused-ring (bicyclic) bond motifs is 1. The predicted molar refractivity (Wildman–Crippen MR) is 115 cm³/mol. The molecule has 1 saturated carbocycles. The number of piperidine rings is 1. The van der Waals surface area contributed by atoms with E-state index in [1.807, 2.05) is 24.8 Å². The molecule has 8 heteroatoms. The van der Waals surface area contributed by atoms with E-state index in [4.69, 9.17) is 4.42 Å². The number of H-pyrrole nitrogens is 1. The van der Waals surface area contributed by atoms with Gasteiger partial charge in [-0.25, -0.2) is 0 Å². The summed E-state index contributed by atoms with van der Waals surface area (Å²) in [5.74, 6) is 0.865. The Bertz CT molecular complexity index is 1090. The molecule has 2 N–H and O–H groups in total. The Kier molecular flexibility index (Phi) is 4.79. The van der Waals surface area contributed by atoms with Gasteiger partial charge in [0.1, 0.15) is 0 Å². The fraction of sp³-hybridized carbons (Fsp3) is 0.478. The lowest BCUT2D eigenvalue weighted by atomic mass is 9.90. The van der Waals surface area contributed by atoms with Crippen LogP contribution in [0.25, 0.3) is 11.0 Å². The van der Waals surface area contributed by atoms with Crippen LogP contribution in [-0.4, -0.2) is 51.5 Å². The van der Waals surface area contributed by atoms with Gasteiger partial charge in [0.25, 0.3) is 11.8 Å². The highest BCUT2D eigenvalue weighted by Gasteiger charge is 2.54. The van der Waals surface area contributed by atoms with Crippen LogP contribution in [0.2, 0.25) is 0 Å². The zero-order valence-electron chi connectivity index (χ0n) is 17.9. The summed E-state index contributed by atoms with van der Waals surface area (Å²) in [6.45, 7) is 6.24. The summed E-state index contributed by atoms with van der Waals surface area (Å²) >= 11 is 0. The minimum absolute atomic E-state index is 0.0668. The third-order valence-corrected chi connectivity index (χ3v) is 6.91. The molecule has 2 aliphatic rings. The average molecular weight is 422 g/mol. The van der Waals surface area contributed by atoms with Gasteiger partial charge in [-0.15, -0.1) is 0 Å². The van der Waals surface area contributed by atoms with E-state index >= 15 is 0 Å². The minimum Gasteiger partial charge on any atom is -0.449 e. The maximum Gasteiger partial charge on any atom is 0.287 e. The van der Waals surface area contributed by atoms with Crippen LogP contribution in [0.4, 0.5) is 0 Å². The van der Waals surface area contributed by atoms with Crippen LogP contribution in [0.3, 0.4) is 0 Å². The maximum atomic E-state index is 12.9. The van der Waals surface area contributed by atoms with E-state index in [9.17, 15) is 9.59 Å². The fourth-order valence-corrected chi connectivity index (χ4v) is 4.87. The largest absolute Gasteiger partial charge is 0.449 e. The van der Waals surface area contributed by atoms with Gasteiger partial charge in [-0.2, -0.15) is 5.10 Å². The van der Waals surface area contributed by atoms with Crippen molar-refractivity contribution in [3.63, 3.8) is 0 Å². The molecular weight excluding hydrogens is 394 g/mol. The SMILES string of the molecule is CC(C)c1n[nH]cc1C(=O)N1CCC2(CC1)CC2CNC(=O)c1cc2ccncc2o1. The van der Waals surface area contributed by atoms with Crippen molar-refractivity contribution in [2.75, 3.05) is 19.6 Å². The van der Waals surface area contributed by atoms with Gasteiger partial charge in [0.15, 0.2) is 11.3 Å². The highest BCUT2D eigenvalue weighted by atomic mass is 16.3. The molecule has 0 bridgehead atoms. The number of nitrogens with zero attached hydrogens (tertiary/aromatic N) is 3. The van der Waals surface area contributed by atoms with Crippen molar-refractivity contribution in [1.82, 2.24) is 25.4 Å². The first-order valence-electron chi connectivity index (χ1n) is 10.9. The third-order valence-electron chi connectivity index (χ3n) is 6.91. The molecule has 2 amide bonds. The van der Waals surface area contributed by atoms with E-state index in [2.05, 4.69) is 20.5 Å². The van der Waals surface area contributed by atoms with Gasteiger partial charge in [0.05, 0.1) is 17.5 Å². The van der Waals surface area contributed by atoms with Crippen LogP contribution < -0.4 is 5.32 Å². The van der Waals surface area contributed by atoms with Gasteiger partial charge in [0.2, 0.25) is 0 Å². The van der Waals surface area contributed by atoms with Crippen LogP contribution in [0.15, 0.2) is 35.1 Å². The Morgan fingerprint density at radius 3 is 2.90 bits per heavy atom. The highest BCUT2D eigenvalue weighted by Crippen LogP contribution is 2.59. The molecule has 31 heavy (non-hydrogen) atoms. The van der Waals surface area contributed by atoms with Crippen molar-refractivity contribution in [2.45, 2.75) is 39.0 Å². The van der Waals surface area contributed by atoms with Crippen molar-refractivity contribution in [2.24, 2.45) is 11.3 Å². The number of amides is 2. The summed E-state index contributed by atoms with van der Waals surface area (Å²) in [6, 6.07) is 3.58. The standard InChI is InChI=1S/C23H27N5O3/c1-14(2)20-17(12-26-27-20)22(30)28-7-4-23(5-8-28)10-16(23)11-25-21(29)18-9-15-3-6-24-13-19(15)31-18/h3,6,9,12-14,16H,4-5,7-8,10-11H2,1-2H3,(H,25,29)(H,26,27). The van der Waals surface area contributed by atoms with Gasteiger partial charge in [-0.1, -0.05) is 13.8 Å². The molecule has 1 spiro atoms. The average Bonchev–Trinajstić information content (AvgIpc) is 3.16. The first-order valence-corrected chi connectivity index (χ1v) is 10.9. The van der Waals surface area contributed by atoms with Crippen LogP contribution in [-0.2, 0) is 0 Å². The van der Waals surface area contributed by atoms with E-state index in [0.29, 0.717) is 29.4 Å². The van der Waals surface area contributed by atoms with Gasteiger partial charge < -0.3 is 14.6 Å². The Balaban J connectivity index is 1.14. The number of rotatable bonds is 5. The molecule has 8 nitrogen and oxygen atoms in total. The molecule has 1 saturated heterocycles. The van der Waals surface area contributed by atoms with E-state index in [1.165, 1.54) is 0 Å². The normalized spacial score (nSPS) is 19.8. The lowest BCUT2D eigenvalue weighted by Crippen LogP contribution is -2.40. The lowest BCUT2D eigenvalue weighted by Gasteiger charge is -2.33. The first kappa shape index (κ1) is 19.8. The quantitative estimate of drug-likeness (QED) is 0.657. The molecule has 162 valence electrons. The fourth-order valence-electron chi connectivity index (χ4n) is 4.87. The predicted octanol–water partition coefficient (Wildman–Crippen LogP) is 3.35. The van der Waals surface area contributed by atoms with Crippen molar-refractivity contribution in [1.29, 1.82) is 0 Å². The number of furan rings is 1. The van der Waals surface area contributed by atoms with Crippen molar-refractivity contribution >= 4 is 22.8 Å². The van der Waals surface area contributed by atoms with E-state index in [-0.39, 0.29) is 23.1 Å². The molecule has 3 aromatic rings. The number of hydrogen-bond donors (Lipinski definition) is 2. The van der Waals surface area contributed by atoms with Gasteiger partial charge >= 0.3 is 0 Å². The number of aromatic nitrogens is 3. The molecule has 1 unspecified atom stereocenters. The van der Waals surface area contributed by atoms with Crippen LogP contribution in [0, 0.1) is 11.3 Å². The van der Waals surface area contributed by atoms with Crippen molar-refractivity contribution < 1.29 is 14.0 Å². The summed E-state index contributed by atoms with van der Waals surface area (Å²) in [5, 5.41) is 11.0. The van der Waals surface area contributed by atoms with Crippen LogP contribution in [0.1, 0.15) is 65.6 Å².